The molecule has 0 aliphatic heterocycles. The summed E-state index contributed by atoms with van der Waals surface area (Å²) in [7, 11) is 0. The van der Waals surface area contributed by atoms with E-state index in [1.807, 2.05) is 4.90 Å². The molecule has 0 saturated carbocycles. The fourth-order valence-corrected chi connectivity index (χ4v) is 6.28. The Morgan fingerprint density at radius 3 is 1.48 bits per heavy atom. The molecular weight excluding hydrogens is 641 g/mol. The molecule has 5 nitrogen and oxygen atoms in total. The molecule has 2 N–H and O–H groups in total. The number of carbonyl (C=O) groups excluding carboxylic acids is 1. The Morgan fingerprint density at radius 1 is 0.538 bits per heavy atom. The van der Waals surface area contributed by atoms with Crippen LogP contribution in [0.25, 0.3) is 0 Å². The normalized spacial score (nSPS) is 12.8. The van der Waals surface area contributed by atoms with Gasteiger partial charge >= 0.3 is 0 Å². The summed E-state index contributed by atoms with van der Waals surface area (Å²) in [5, 5.41) is 0. The van der Waals surface area contributed by atoms with E-state index in [9.17, 15) is 4.79 Å². The Bertz CT molecular complexity index is 836. The van der Waals surface area contributed by atoms with Crippen LogP contribution in [-0.4, -0.2) is 56.4 Å². The number of unbranched alkanes of at least 4 members (excludes halogenated alkanes) is 20. The van der Waals surface area contributed by atoms with Gasteiger partial charge in [-0.1, -0.05) is 146 Å². The van der Waals surface area contributed by atoms with Gasteiger partial charge in [-0.2, -0.15) is 0 Å². The van der Waals surface area contributed by atoms with Crippen molar-refractivity contribution in [2.75, 3.05) is 39.5 Å². The van der Waals surface area contributed by atoms with Crippen molar-refractivity contribution in [1.82, 2.24) is 4.90 Å². The summed E-state index contributed by atoms with van der Waals surface area (Å²) < 4.78 is 12.1. The molecule has 1 atom stereocenters. The number of amides is 1. The highest BCUT2D eigenvalue weighted by molar-refractivity contribution is 5.76. The molecule has 0 aromatic rings. The zero-order valence-corrected chi connectivity index (χ0v) is 35.0. The van der Waals surface area contributed by atoms with Crippen LogP contribution in [0.3, 0.4) is 0 Å². The molecule has 0 rings (SSSR count). The lowest BCUT2D eigenvalue weighted by Gasteiger charge is -2.26. The van der Waals surface area contributed by atoms with Crippen molar-refractivity contribution in [1.29, 1.82) is 0 Å². The Balaban J connectivity index is 3.98. The first-order chi connectivity index (χ1) is 25.7. The highest BCUT2D eigenvalue weighted by Crippen LogP contribution is 2.11. The van der Waals surface area contributed by atoms with E-state index in [1.165, 1.54) is 128 Å². The first-order valence-corrected chi connectivity index (χ1v) is 22.4. The van der Waals surface area contributed by atoms with Gasteiger partial charge in [0.1, 0.15) is 0 Å². The summed E-state index contributed by atoms with van der Waals surface area (Å²) in [6.07, 6.45) is 52.2. The Kier molecular flexibility index (Phi) is 42.3. The minimum absolute atomic E-state index is 0.0404. The van der Waals surface area contributed by atoms with Gasteiger partial charge in [0.2, 0.25) is 5.91 Å². The lowest BCUT2D eigenvalue weighted by atomic mass is 10.1. The summed E-state index contributed by atoms with van der Waals surface area (Å²) >= 11 is 0. The number of rotatable bonds is 41. The molecule has 0 aromatic carbocycles. The SMILES string of the molecule is CCCCC/C=C\C/C=C\CCCCCCCCOCCN(C[C@H](C)OCCCCCCCC/C=C\C/C=C\CCCCC)C(=O)CCCCCN. The monoisotopic (exact) mass is 729 g/mol. The molecule has 0 spiro atoms. The van der Waals surface area contributed by atoms with E-state index in [1.54, 1.807) is 0 Å². The van der Waals surface area contributed by atoms with Gasteiger partial charge in [0.15, 0.2) is 0 Å². The number of hydrogen-bond acceptors (Lipinski definition) is 4. The molecule has 0 saturated heterocycles. The number of carbonyl (C=O) groups is 1. The minimum atomic E-state index is 0.0404. The summed E-state index contributed by atoms with van der Waals surface area (Å²) in [5.74, 6) is 0.221. The van der Waals surface area contributed by atoms with Crippen molar-refractivity contribution >= 4 is 5.91 Å². The van der Waals surface area contributed by atoms with Crippen molar-refractivity contribution in [2.45, 2.75) is 207 Å². The van der Waals surface area contributed by atoms with Crippen LogP contribution in [0.2, 0.25) is 0 Å². The van der Waals surface area contributed by atoms with Crippen LogP contribution in [0.15, 0.2) is 48.6 Å². The van der Waals surface area contributed by atoms with Gasteiger partial charge < -0.3 is 20.1 Å². The molecule has 1 amide bonds. The van der Waals surface area contributed by atoms with Crippen LogP contribution < -0.4 is 5.73 Å². The third-order valence-corrected chi connectivity index (χ3v) is 9.67. The van der Waals surface area contributed by atoms with Gasteiger partial charge in [0.25, 0.3) is 0 Å². The first-order valence-electron chi connectivity index (χ1n) is 22.4. The highest BCUT2D eigenvalue weighted by Gasteiger charge is 2.16. The lowest BCUT2D eigenvalue weighted by molar-refractivity contribution is -0.134. The number of nitrogens with two attached hydrogens (primary N) is 1. The van der Waals surface area contributed by atoms with Gasteiger partial charge in [-0.05, 0) is 103 Å². The van der Waals surface area contributed by atoms with Crippen LogP contribution in [0, 0.1) is 0 Å². The van der Waals surface area contributed by atoms with Crippen molar-refractivity contribution < 1.29 is 14.3 Å². The van der Waals surface area contributed by atoms with Crippen LogP contribution in [-0.2, 0) is 14.3 Å². The van der Waals surface area contributed by atoms with Gasteiger partial charge in [-0.15, -0.1) is 0 Å². The molecular formula is C47H88N2O3. The summed E-state index contributed by atoms with van der Waals surface area (Å²) in [6, 6.07) is 0. The number of nitrogens with zero attached hydrogens (tertiary/aromatic N) is 1. The van der Waals surface area contributed by atoms with Gasteiger partial charge in [0.05, 0.1) is 12.7 Å². The molecule has 0 heterocycles. The van der Waals surface area contributed by atoms with Crippen LogP contribution in [0.5, 0.6) is 0 Å². The maximum atomic E-state index is 13.1. The smallest absolute Gasteiger partial charge is 0.222 e. The number of hydrogen-bond donors (Lipinski definition) is 1. The van der Waals surface area contributed by atoms with E-state index in [2.05, 4.69) is 69.4 Å². The molecule has 0 unspecified atom stereocenters. The number of allylic oxidation sites excluding steroid dienone is 8. The second-order valence-corrected chi connectivity index (χ2v) is 14.9. The van der Waals surface area contributed by atoms with E-state index in [0.717, 1.165) is 58.2 Å². The lowest BCUT2D eigenvalue weighted by Crippen LogP contribution is -2.39. The zero-order chi connectivity index (χ0) is 37.8. The predicted octanol–water partition coefficient (Wildman–Crippen LogP) is 13.4. The third-order valence-electron chi connectivity index (χ3n) is 9.67. The van der Waals surface area contributed by atoms with Gasteiger partial charge in [0, 0.05) is 32.7 Å². The van der Waals surface area contributed by atoms with E-state index >= 15 is 0 Å². The van der Waals surface area contributed by atoms with E-state index < -0.39 is 0 Å². The van der Waals surface area contributed by atoms with Crippen molar-refractivity contribution in [3.05, 3.63) is 48.6 Å². The molecule has 0 fully saturated rings. The largest absolute Gasteiger partial charge is 0.380 e. The topological polar surface area (TPSA) is 64.8 Å². The molecule has 0 bridgehead atoms. The maximum Gasteiger partial charge on any atom is 0.222 e. The van der Waals surface area contributed by atoms with E-state index in [0.29, 0.717) is 32.7 Å². The zero-order valence-electron chi connectivity index (χ0n) is 35.0. The van der Waals surface area contributed by atoms with Crippen LogP contribution >= 0.6 is 0 Å². The fraction of sp³-hybridized carbons (Fsp3) is 0.809. The quantitative estimate of drug-likeness (QED) is 0.0503. The fourth-order valence-electron chi connectivity index (χ4n) is 6.28. The molecule has 0 radical (unpaired) electrons. The Hall–Kier alpha value is -1.69. The van der Waals surface area contributed by atoms with Crippen LogP contribution in [0.1, 0.15) is 201 Å². The highest BCUT2D eigenvalue weighted by atomic mass is 16.5. The van der Waals surface area contributed by atoms with Crippen molar-refractivity contribution in [2.24, 2.45) is 5.73 Å². The second-order valence-electron chi connectivity index (χ2n) is 14.9. The van der Waals surface area contributed by atoms with E-state index in [4.69, 9.17) is 15.2 Å². The standard InChI is InChI=1S/C47H88N2O3/c1-4-6-8-10-12-14-16-18-20-22-24-26-28-30-32-37-42-51-44-41-49(47(50)39-35-34-36-40-48)45-46(3)52-43-38-33-31-29-27-25-23-21-19-17-15-13-11-9-7-5-2/h12-15,18-21,46H,4-11,16-17,22-45,48H2,1-3H3/b14-12-,15-13-,20-18-,21-19-/t46-/m0/s1. The molecule has 304 valence electrons. The average Bonchev–Trinajstić information content (AvgIpc) is 3.15. The summed E-state index contributed by atoms with van der Waals surface area (Å²) in [6.45, 7) is 10.8. The molecule has 52 heavy (non-hydrogen) atoms. The van der Waals surface area contributed by atoms with Gasteiger partial charge in [-0.3, -0.25) is 4.79 Å². The van der Waals surface area contributed by atoms with Crippen molar-refractivity contribution in [3.63, 3.8) is 0 Å². The third kappa shape index (κ3) is 39.5. The molecule has 0 aromatic heterocycles. The minimum Gasteiger partial charge on any atom is -0.380 e. The van der Waals surface area contributed by atoms with Crippen molar-refractivity contribution in [3.8, 4) is 0 Å². The predicted molar refractivity (Wildman–Crippen MR) is 229 cm³/mol. The molecule has 0 aliphatic carbocycles. The summed E-state index contributed by atoms with van der Waals surface area (Å²) in [5.41, 5.74) is 5.65. The maximum absolute atomic E-state index is 13.1. The Labute approximate surface area is 324 Å². The average molecular weight is 729 g/mol. The number of ether oxygens (including phenoxy) is 2. The Morgan fingerprint density at radius 2 is 0.981 bits per heavy atom. The van der Waals surface area contributed by atoms with Crippen LogP contribution in [0.4, 0.5) is 0 Å². The van der Waals surface area contributed by atoms with Gasteiger partial charge in [-0.25, -0.2) is 0 Å². The molecule has 5 heteroatoms. The first kappa shape index (κ1) is 50.3. The van der Waals surface area contributed by atoms with E-state index in [-0.39, 0.29) is 12.0 Å². The summed E-state index contributed by atoms with van der Waals surface area (Å²) in [4.78, 5) is 15.0. The molecule has 0 aliphatic rings. The second kappa shape index (κ2) is 43.7.